The molecule has 1 aromatic carbocycles. The zero-order chi connectivity index (χ0) is 13.7. The Morgan fingerprint density at radius 3 is 2.63 bits per heavy atom. The minimum atomic E-state index is -0.531. The van der Waals surface area contributed by atoms with Gasteiger partial charge in [-0.2, -0.15) is 0 Å². The van der Waals surface area contributed by atoms with E-state index in [1.54, 1.807) is 6.07 Å². The van der Waals surface area contributed by atoms with Gasteiger partial charge in [0.15, 0.2) is 0 Å². The van der Waals surface area contributed by atoms with E-state index in [-0.39, 0.29) is 11.9 Å². The lowest BCUT2D eigenvalue weighted by Crippen LogP contribution is -2.27. The van der Waals surface area contributed by atoms with Crippen molar-refractivity contribution in [3.05, 3.63) is 63.9 Å². The maximum Gasteiger partial charge on any atom is 0.433 e. The second kappa shape index (κ2) is 6.15. The summed E-state index contributed by atoms with van der Waals surface area (Å²) in [4.78, 5) is 9.95. The Kier molecular flexibility index (Phi) is 4.30. The molecule has 0 aliphatic rings. The predicted octanol–water partition coefficient (Wildman–Crippen LogP) is 2.91. The van der Waals surface area contributed by atoms with E-state index < -0.39 is 4.92 Å². The van der Waals surface area contributed by atoms with E-state index in [0.29, 0.717) is 12.3 Å². The lowest BCUT2D eigenvalue weighted by Gasteiger charge is -2.12. The van der Waals surface area contributed by atoms with Gasteiger partial charge in [-0.3, -0.25) is 10.1 Å². The van der Waals surface area contributed by atoms with Gasteiger partial charge in [-0.1, -0.05) is 30.3 Å². The van der Waals surface area contributed by atoms with Crippen molar-refractivity contribution in [3.8, 4) is 0 Å². The third kappa shape index (κ3) is 3.93. The molecule has 5 nitrogen and oxygen atoms in total. The quantitative estimate of drug-likeness (QED) is 0.640. The Morgan fingerprint density at radius 2 is 2.00 bits per heavy atom. The average Bonchev–Trinajstić information content (AvgIpc) is 2.86. The molecule has 0 bridgehead atoms. The third-order valence-corrected chi connectivity index (χ3v) is 2.84. The van der Waals surface area contributed by atoms with Gasteiger partial charge in [0.05, 0.1) is 12.6 Å². The molecular weight excluding hydrogens is 244 g/mol. The normalized spacial score (nSPS) is 12.3. The van der Waals surface area contributed by atoms with E-state index in [1.807, 2.05) is 18.2 Å². The fourth-order valence-electron chi connectivity index (χ4n) is 1.87. The highest BCUT2D eigenvalue weighted by Crippen LogP contribution is 2.15. The molecule has 0 saturated carbocycles. The number of nitro groups is 1. The molecule has 1 heterocycles. The van der Waals surface area contributed by atoms with Crippen molar-refractivity contribution in [2.24, 2.45) is 0 Å². The highest BCUT2D eigenvalue weighted by Gasteiger charge is 2.12. The Balaban J connectivity index is 1.83. The molecule has 5 heteroatoms. The van der Waals surface area contributed by atoms with Gasteiger partial charge in [0.1, 0.15) is 10.7 Å². The summed E-state index contributed by atoms with van der Waals surface area (Å²) in [6, 6.07) is 13.4. The number of hydrogen-bond acceptors (Lipinski definition) is 4. The van der Waals surface area contributed by atoms with Gasteiger partial charge in [-0.25, -0.2) is 0 Å². The topological polar surface area (TPSA) is 68.3 Å². The van der Waals surface area contributed by atoms with E-state index in [2.05, 4.69) is 24.4 Å². The summed E-state index contributed by atoms with van der Waals surface area (Å²) >= 11 is 0. The summed E-state index contributed by atoms with van der Waals surface area (Å²) in [5.41, 5.74) is 1.26. The van der Waals surface area contributed by atoms with Crippen LogP contribution in [0, 0.1) is 10.1 Å². The summed E-state index contributed by atoms with van der Waals surface area (Å²) < 4.78 is 5.08. The van der Waals surface area contributed by atoms with Crippen LogP contribution in [0.5, 0.6) is 0 Å². The number of hydrogen-bond donors (Lipinski definition) is 1. The van der Waals surface area contributed by atoms with Crippen LogP contribution in [-0.2, 0) is 13.0 Å². The van der Waals surface area contributed by atoms with Gasteiger partial charge in [0.2, 0.25) is 0 Å². The molecule has 1 unspecified atom stereocenters. The van der Waals surface area contributed by atoms with Gasteiger partial charge >= 0.3 is 5.88 Å². The molecule has 0 radical (unpaired) electrons. The Labute approximate surface area is 111 Å². The van der Waals surface area contributed by atoms with E-state index in [0.717, 1.165) is 6.42 Å². The molecule has 1 aromatic heterocycles. The molecule has 19 heavy (non-hydrogen) atoms. The Bertz CT molecular complexity index is 537. The van der Waals surface area contributed by atoms with Crippen molar-refractivity contribution in [3.63, 3.8) is 0 Å². The molecule has 1 N–H and O–H groups in total. The van der Waals surface area contributed by atoms with Crippen molar-refractivity contribution in [1.29, 1.82) is 0 Å². The minimum absolute atomic E-state index is 0.215. The molecule has 0 amide bonds. The highest BCUT2D eigenvalue weighted by atomic mass is 16.6. The minimum Gasteiger partial charge on any atom is -0.404 e. The van der Waals surface area contributed by atoms with Gasteiger partial charge in [0, 0.05) is 6.04 Å². The molecule has 0 aliphatic heterocycles. The van der Waals surface area contributed by atoms with Crippen LogP contribution in [-0.4, -0.2) is 11.0 Å². The van der Waals surface area contributed by atoms with Gasteiger partial charge < -0.3 is 9.73 Å². The molecule has 0 saturated heterocycles. The molecule has 0 fully saturated rings. The fourth-order valence-corrected chi connectivity index (χ4v) is 1.87. The van der Waals surface area contributed by atoms with Crippen LogP contribution in [0.15, 0.2) is 46.9 Å². The number of benzene rings is 1. The first-order valence-corrected chi connectivity index (χ1v) is 6.15. The van der Waals surface area contributed by atoms with Crippen LogP contribution in [0.4, 0.5) is 5.88 Å². The summed E-state index contributed by atoms with van der Waals surface area (Å²) in [5, 5.41) is 13.8. The predicted molar refractivity (Wildman–Crippen MR) is 71.8 cm³/mol. The third-order valence-electron chi connectivity index (χ3n) is 2.84. The van der Waals surface area contributed by atoms with Crippen molar-refractivity contribution >= 4 is 5.88 Å². The summed E-state index contributed by atoms with van der Waals surface area (Å²) in [5.74, 6) is 0.360. The summed E-state index contributed by atoms with van der Waals surface area (Å²) in [6.45, 7) is 2.56. The largest absolute Gasteiger partial charge is 0.433 e. The van der Waals surface area contributed by atoms with Crippen LogP contribution < -0.4 is 5.32 Å². The zero-order valence-corrected chi connectivity index (χ0v) is 10.7. The monoisotopic (exact) mass is 260 g/mol. The SMILES string of the molecule is CC(Cc1ccccc1)NCc1ccc([N+](=O)[O-])o1. The van der Waals surface area contributed by atoms with E-state index >= 15 is 0 Å². The number of rotatable bonds is 6. The summed E-state index contributed by atoms with van der Waals surface area (Å²) in [7, 11) is 0. The first kappa shape index (κ1) is 13.3. The van der Waals surface area contributed by atoms with Crippen LogP contribution >= 0.6 is 0 Å². The van der Waals surface area contributed by atoms with E-state index in [9.17, 15) is 10.1 Å². The van der Waals surface area contributed by atoms with Crippen molar-refractivity contribution in [2.45, 2.75) is 25.9 Å². The lowest BCUT2D eigenvalue weighted by atomic mass is 10.1. The molecule has 2 rings (SSSR count). The Hall–Kier alpha value is -2.14. The number of nitrogens with one attached hydrogen (secondary N) is 1. The Morgan fingerprint density at radius 1 is 1.26 bits per heavy atom. The molecular formula is C14H16N2O3. The smallest absolute Gasteiger partial charge is 0.404 e. The molecule has 100 valence electrons. The van der Waals surface area contributed by atoms with Crippen molar-refractivity contribution < 1.29 is 9.34 Å². The van der Waals surface area contributed by atoms with E-state index in [4.69, 9.17) is 4.42 Å². The fraction of sp³-hybridized carbons (Fsp3) is 0.286. The highest BCUT2D eigenvalue weighted by molar-refractivity contribution is 5.18. The maximum absolute atomic E-state index is 10.5. The maximum atomic E-state index is 10.5. The van der Waals surface area contributed by atoms with Crippen molar-refractivity contribution in [1.82, 2.24) is 5.32 Å². The van der Waals surface area contributed by atoms with E-state index in [1.165, 1.54) is 11.6 Å². The standard InChI is InChI=1S/C14H16N2O3/c1-11(9-12-5-3-2-4-6-12)15-10-13-7-8-14(19-13)16(17)18/h2-8,11,15H,9-10H2,1H3. The summed E-state index contributed by atoms with van der Waals surface area (Å²) in [6.07, 6.45) is 0.906. The molecule has 0 aliphatic carbocycles. The first-order chi connectivity index (χ1) is 9.15. The molecule has 2 aromatic rings. The van der Waals surface area contributed by atoms with Gasteiger partial charge in [0.25, 0.3) is 0 Å². The van der Waals surface area contributed by atoms with Crippen molar-refractivity contribution in [2.75, 3.05) is 0 Å². The number of furan rings is 1. The van der Waals surface area contributed by atoms with Gasteiger partial charge in [-0.05, 0) is 25.0 Å². The lowest BCUT2D eigenvalue weighted by molar-refractivity contribution is -0.402. The van der Waals surface area contributed by atoms with Crippen LogP contribution in [0.2, 0.25) is 0 Å². The second-order valence-electron chi connectivity index (χ2n) is 4.47. The number of nitrogens with zero attached hydrogens (tertiary/aromatic N) is 1. The van der Waals surface area contributed by atoms with Crippen LogP contribution in [0.25, 0.3) is 0 Å². The van der Waals surface area contributed by atoms with Gasteiger partial charge in [-0.15, -0.1) is 0 Å². The zero-order valence-electron chi connectivity index (χ0n) is 10.7. The molecule has 0 spiro atoms. The first-order valence-electron chi connectivity index (χ1n) is 6.15. The average molecular weight is 260 g/mol. The molecule has 1 atom stereocenters. The van der Waals surface area contributed by atoms with Crippen LogP contribution in [0.1, 0.15) is 18.2 Å². The second-order valence-corrected chi connectivity index (χ2v) is 4.47. The van der Waals surface area contributed by atoms with Crippen LogP contribution in [0.3, 0.4) is 0 Å².